The third-order valence-corrected chi connectivity index (χ3v) is 4.70. The Morgan fingerprint density at radius 1 is 1.14 bits per heavy atom. The number of para-hydroxylation sites is 1. The number of aromatic nitrogens is 1. The predicted octanol–water partition coefficient (Wildman–Crippen LogP) is 2.76. The van der Waals surface area contributed by atoms with Crippen molar-refractivity contribution in [1.82, 2.24) is 9.71 Å². The summed E-state index contributed by atoms with van der Waals surface area (Å²) in [6.45, 7) is 0. The summed E-state index contributed by atoms with van der Waals surface area (Å²) in [6, 6.07) is 16.5. The van der Waals surface area contributed by atoms with Gasteiger partial charge >= 0.3 is 0 Å². The zero-order valence-corrected chi connectivity index (χ0v) is 13.1. The highest BCUT2D eigenvalue weighted by molar-refractivity contribution is 7.90. The summed E-state index contributed by atoms with van der Waals surface area (Å²) in [6.07, 6.45) is 0. The van der Waals surface area contributed by atoms with Crippen LogP contribution in [0.3, 0.4) is 0 Å². The van der Waals surface area contributed by atoms with Crippen LogP contribution in [0.25, 0.3) is 10.2 Å². The van der Waals surface area contributed by atoms with Crippen molar-refractivity contribution in [3.8, 4) is 0 Å². The number of nitrogens with zero attached hydrogens (tertiary/aromatic N) is 1. The normalized spacial score (nSPS) is 12.0. The Morgan fingerprint density at radius 3 is 2.64 bits per heavy atom. The number of anilines is 1. The van der Waals surface area contributed by atoms with Gasteiger partial charge in [0.15, 0.2) is 5.13 Å². The molecule has 0 fully saturated rings. The summed E-state index contributed by atoms with van der Waals surface area (Å²) in [4.78, 5) is 16.2. The standard InChI is InChI=1S/C15H13N3O2S2/c19-14(11-6-2-1-3-7-11)18-22(20)10-16-15-17-12-8-4-5-9-13(12)21-15/h1-9H,10H2,(H,16,17)(H,18,19). The predicted molar refractivity (Wildman–Crippen MR) is 90.2 cm³/mol. The van der Waals surface area contributed by atoms with Gasteiger partial charge in [0.2, 0.25) is 5.88 Å². The van der Waals surface area contributed by atoms with Gasteiger partial charge in [0.25, 0.3) is 5.91 Å². The molecular weight excluding hydrogens is 318 g/mol. The average molecular weight is 331 g/mol. The number of carbonyl (C=O) groups is 1. The maximum absolute atomic E-state index is 11.9. The lowest BCUT2D eigenvalue weighted by Gasteiger charge is -2.10. The summed E-state index contributed by atoms with van der Waals surface area (Å²) >= 11 is -0.0316. The first kappa shape index (κ1) is 14.8. The van der Waals surface area contributed by atoms with Gasteiger partial charge in [-0.25, -0.2) is 4.98 Å². The molecule has 1 atom stereocenters. The quantitative estimate of drug-likeness (QED) is 0.705. The Balaban J connectivity index is 1.56. The van der Waals surface area contributed by atoms with Gasteiger partial charge in [0.1, 0.15) is 0 Å². The van der Waals surface area contributed by atoms with E-state index in [0.29, 0.717) is 10.7 Å². The number of benzene rings is 2. The average Bonchev–Trinajstić information content (AvgIpc) is 2.96. The van der Waals surface area contributed by atoms with Crippen molar-refractivity contribution in [2.45, 2.75) is 0 Å². The molecule has 0 saturated heterocycles. The van der Waals surface area contributed by atoms with Crippen molar-refractivity contribution in [2.75, 3.05) is 11.2 Å². The van der Waals surface area contributed by atoms with Gasteiger partial charge in [-0.15, -0.1) is 0 Å². The van der Waals surface area contributed by atoms with Crippen LogP contribution in [-0.2, 0) is 11.4 Å². The van der Waals surface area contributed by atoms with Crippen LogP contribution in [0.1, 0.15) is 10.4 Å². The molecule has 1 unspecified atom stereocenters. The molecule has 0 radical (unpaired) electrons. The summed E-state index contributed by atoms with van der Waals surface area (Å²) in [5.74, 6) is -0.247. The molecule has 1 heterocycles. The van der Waals surface area contributed by atoms with Crippen LogP contribution in [-0.4, -0.2) is 21.3 Å². The monoisotopic (exact) mass is 331 g/mol. The molecule has 3 aromatic rings. The SMILES string of the molecule is O=C(N[S+]([O-])CNc1nc2ccccc2s1)c1ccccc1. The lowest BCUT2D eigenvalue weighted by molar-refractivity contribution is 0.0981. The van der Waals surface area contributed by atoms with Crippen LogP contribution >= 0.6 is 11.3 Å². The van der Waals surface area contributed by atoms with E-state index in [-0.39, 0.29) is 11.8 Å². The number of nitrogens with one attached hydrogen (secondary N) is 2. The third kappa shape index (κ3) is 3.56. The molecule has 3 rings (SSSR count). The molecule has 112 valence electrons. The number of thiazole rings is 1. The van der Waals surface area contributed by atoms with Crippen LogP contribution in [0, 0.1) is 0 Å². The van der Waals surface area contributed by atoms with Gasteiger partial charge in [0.05, 0.1) is 21.6 Å². The summed E-state index contributed by atoms with van der Waals surface area (Å²) < 4.78 is 15.4. The van der Waals surface area contributed by atoms with E-state index in [2.05, 4.69) is 15.0 Å². The van der Waals surface area contributed by atoms with Crippen molar-refractivity contribution >= 4 is 44.0 Å². The molecule has 0 spiro atoms. The van der Waals surface area contributed by atoms with E-state index in [1.54, 1.807) is 24.3 Å². The van der Waals surface area contributed by atoms with Gasteiger partial charge < -0.3 is 9.87 Å². The van der Waals surface area contributed by atoms with Crippen molar-refractivity contribution in [1.29, 1.82) is 0 Å². The molecule has 0 aliphatic carbocycles. The Morgan fingerprint density at radius 2 is 1.86 bits per heavy atom. The molecule has 1 amide bonds. The van der Waals surface area contributed by atoms with Gasteiger partial charge in [-0.1, -0.05) is 41.7 Å². The van der Waals surface area contributed by atoms with E-state index in [4.69, 9.17) is 0 Å². The fourth-order valence-corrected chi connectivity index (χ4v) is 3.48. The molecule has 5 nitrogen and oxygen atoms in total. The van der Waals surface area contributed by atoms with Crippen LogP contribution in [0.2, 0.25) is 0 Å². The number of fused-ring (bicyclic) bond motifs is 1. The van der Waals surface area contributed by atoms with E-state index in [9.17, 15) is 9.35 Å². The minimum Gasteiger partial charge on any atom is -0.591 e. The minimum absolute atomic E-state index is 0.110. The number of carbonyl (C=O) groups excluding carboxylic acids is 1. The number of amides is 1. The zero-order valence-electron chi connectivity index (χ0n) is 11.5. The van der Waals surface area contributed by atoms with E-state index in [1.807, 2.05) is 30.3 Å². The van der Waals surface area contributed by atoms with E-state index >= 15 is 0 Å². The Hall–Kier alpha value is -2.09. The Kier molecular flexibility index (Phi) is 4.57. The van der Waals surface area contributed by atoms with E-state index in [0.717, 1.165) is 10.2 Å². The summed E-state index contributed by atoms with van der Waals surface area (Å²) in [5.41, 5.74) is 1.38. The first-order chi connectivity index (χ1) is 10.7. The molecule has 22 heavy (non-hydrogen) atoms. The lowest BCUT2D eigenvalue weighted by Crippen LogP contribution is -2.34. The second-order valence-electron chi connectivity index (χ2n) is 4.45. The van der Waals surface area contributed by atoms with Crippen molar-refractivity contribution in [3.63, 3.8) is 0 Å². The Bertz CT molecular complexity index is 744. The lowest BCUT2D eigenvalue weighted by atomic mass is 10.2. The Labute approximate surface area is 134 Å². The summed E-state index contributed by atoms with van der Waals surface area (Å²) in [5, 5.41) is 3.67. The molecule has 0 bridgehead atoms. The third-order valence-electron chi connectivity index (χ3n) is 2.89. The van der Waals surface area contributed by atoms with Crippen LogP contribution in [0.15, 0.2) is 54.6 Å². The topological polar surface area (TPSA) is 77.1 Å². The van der Waals surface area contributed by atoms with E-state index in [1.165, 1.54) is 11.3 Å². The molecule has 0 aliphatic heterocycles. The fraction of sp³-hybridized carbons (Fsp3) is 0.0667. The van der Waals surface area contributed by atoms with Crippen molar-refractivity contribution in [2.24, 2.45) is 0 Å². The van der Waals surface area contributed by atoms with Crippen molar-refractivity contribution in [3.05, 3.63) is 60.2 Å². The van der Waals surface area contributed by atoms with Crippen LogP contribution in [0.5, 0.6) is 0 Å². The van der Waals surface area contributed by atoms with Crippen LogP contribution in [0.4, 0.5) is 5.13 Å². The second-order valence-corrected chi connectivity index (χ2v) is 6.67. The first-order valence-electron chi connectivity index (χ1n) is 6.56. The second kappa shape index (κ2) is 6.78. The van der Waals surface area contributed by atoms with E-state index < -0.39 is 11.4 Å². The molecule has 2 N–H and O–H groups in total. The maximum atomic E-state index is 11.9. The molecule has 0 aliphatic rings. The molecule has 1 aromatic heterocycles. The van der Waals surface area contributed by atoms with Crippen LogP contribution < -0.4 is 10.0 Å². The first-order valence-corrected chi connectivity index (χ1v) is 8.70. The minimum atomic E-state index is -1.52. The number of hydrogen-bond donors (Lipinski definition) is 2. The largest absolute Gasteiger partial charge is 0.591 e. The molecule has 7 heteroatoms. The smallest absolute Gasteiger partial charge is 0.292 e. The number of hydrogen-bond acceptors (Lipinski definition) is 5. The number of rotatable bonds is 5. The highest BCUT2D eigenvalue weighted by Gasteiger charge is 2.14. The van der Waals surface area contributed by atoms with Gasteiger partial charge in [-0.2, -0.15) is 4.72 Å². The highest BCUT2D eigenvalue weighted by atomic mass is 32.2. The van der Waals surface area contributed by atoms with Gasteiger partial charge in [-0.3, -0.25) is 4.79 Å². The van der Waals surface area contributed by atoms with Gasteiger partial charge in [-0.05, 0) is 24.3 Å². The molecular formula is C15H13N3O2S2. The molecule has 2 aromatic carbocycles. The van der Waals surface area contributed by atoms with Crippen molar-refractivity contribution < 1.29 is 9.35 Å². The highest BCUT2D eigenvalue weighted by Crippen LogP contribution is 2.25. The zero-order chi connectivity index (χ0) is 15.4. The molecule has 0 saturated carbocycles. The fourth-order valence-electron chi connectivity index (χ4n) is 1.86. The van der Waals surface area contributed by atoms with Gasteiger partial charge in [0, 0.05) is 5.56 Å². The maximum Gasteiger partial charge on any atom is 0.292 e. The summed E-state index contributed by atoms with van der Waals surface area (Å²) in [7, 11) is 0.